The summed E-state index contributed by atoms with van der Waals surface area (Å²) < 4.78 is 0. The first kappa shape index (κ1) is 12.0. The van der Waals surface area contributed by atoms with Crippen LogP contribution in [0.15, 0.2) is 0 Å². The van der Waals surface area contributed by atoms with Crippen LogP contribution < -0.4 is 0 Å². The quantitative estimate of drug-likeness (QED) is 0.551. The number of rotatable bonds is 4. The SMILES string of the molecule is C[C@H]1CN(C(=O)O)CCN1CCCC=O. The summed E-state index contributed by atoms with van der Waals surface area (Å²) in [6.07, 6.45) is 1.54. The number of carbonyl (C=O) groups is 2. The molecular weight excluding hydrogens is 196 g/mol. The van der Waals surface area contributed by atoms with E-state index in [1.165, 1.54) is 4.90 Å². The summed E-state index contributed by atoms with van der Waals surface area (Å²) in [5, 5.41) is 8.82. The molecule has 0 aromatic heterocycles. The molecule has 1 atom stereocenters. The zero-order valence-electron chi connectivity index (χ0n) is 9.06. The van der Waals surface area contributed by atoms with E-state index in [0.717, 1.165) is 25.8 Å². The van der Waals surface area contributed by atoms with Gasteiger partial charge in [0.25, 0.3) is 0 Å². The minimum atomic E-state index is -0.839. The van der Waals surface area contributed by atoms with Gasteiger partial charge in [-0.2, -0.15) is 0 Å². The monoisotopic (exact) mass is 214 g/mol. The van der Waals surface area contributed by atoms with Gasteiger partial charge in [-0.1, -0.05) is 0 Å². The van der Waals surface area contributed by atoms with Crippen molar-refractivity contribution in [1.29, 1.82) is 0 Å². The summed E-state index contributed by atoms with van der Waals surface area (Å²) in [5.41, 5.74) is 0. The standard InChI is InChI=1S/C10H18N2O3/c1-9-8-12(10(14)15)6-5-11(9)4-2-3-7-13/h7,9H,2-6,8H2,1H3,(H,14,15)/t9-/m0/s1. The fraction of sp³-hybridized carbons (Fsp3) is 0.800. The first-order valence-corrected chi connectivity index (χ1v) is 5.30. The molecule has 1 rings (SSSR count). The normalized spacial score (nSPS) is 22.7. The molecule has 0 aliphatic carbocycles. The van der Waals surface area contributed by atoms with Gasteiger partial charge in [-0.3, -0.25) is 4.90 Å². The highest BCUT2D eigenvalue weighted by Crippen LogP contribution is 2.10. The van der Waals surface area contributed by atoms with E-state index in [4.69, 9.17) is 5.11 Å². The van der Waals surface area contributed by atoms with Gasteiger partial charge in [0.15, 0.2) is 0 Å². The summed E-state index contributed by atoms with van der Waals surface area (Å²) >= 11 is 0. The maximum absolute atomic E-state index is 10.7. The molecule has 5 heteroatoms. The third-order valence-electron chi connectivity index (χ3n) is 2.80. The Kier molecular flexibility index (Phi) is 4.55. The molecule has 0 spiro atoms. The summed E-state index contributed by atoms with van der Waals surface area (Å²) in [6, 6.07) is 0.251. The number of piperazine rings is 1. The van der Waals surface area contributed by atoms with Gasteiger partial charge in [-0.15, -0.1) is 0 Å². The number of aldehydes is 1. The van der Waals surface area contributed by atoms with Crippen LogP contribution in [0.4, 0.5) is 4.79 Å². The molecule has 15 heavy (non-hydrogen) atoms. The number of carbonyl (C=O) groups excluding carboxylic acids is 1. The van der Waals surface area contributed by atoms with Gasteiger partial charge in [0.1, 0.15) is 6.29 Å². The number of hydrogen-bond donors (Lipinski definition) is 1. The van der Waals surface area contributed by atoms with Crippen LogP contribution in [0.3, 0.4) is 0 Å². The van der Waals surface area contributed by atoms with Crippen LogP contribution >= 0.6 is 0 Å². The minimum absolute atomic E-state index is 0.251. The largest absolute Gasteiger partial charge is 0.465 e. The van der Waals surface area contributed by atoms with Crippen LogP contribution in [0.25, 0.3) is 0 Å². The van der Waals surface area contributed by atoms with E-state index < -0.39 is 6.09 Å². The molecule has 0 bridgehead atoms. The zero-order chi connectivity index (χ0) is 11.3. The average molecular weight is 214 g/mol. The second-order valence-electron chi connectivity index (χ2n) is 3.92. The molecule has 1 aliphatic rings. The van der Waals surface area contributed by atoms with E-state index in [2.05, 4.69) is 4.90 Å². The average Bonchev–Trinajstić information content (AvgIpc) is 2.20. The Bertz CT molecular complexity index is 233. The molecule has 1 heterocycles. The summed E-state index contributed by atoms with van der Waals surface area (Å²) in [5.74, 6) is 0. The third-order valence-corrected chi connectivity index (χ3v) is 2.80. The van der Waals surface area contributed by atoms with Crippen molar-refractivity contribution in [1.82, 2.24) is 9.80 Å². The van der Waals surface area contributed by atoms with Gasteiger partial charge in [-0.25, -0.2) is 4.79 Å². The maximum atomic E-state index is 10.7. The van der Waals surface area contributed by atoms with E-state index in [9.17, 15) is 9.59 Å². The molecule has 1 aliphatic heterocycles. The molecule has 1 amide bonds. The number of carboxylic acid groups (broad SMARTS) is 1. The molecule has 0 aromatic carbocycles. The van der Waals surface area contributed by atoms with Crippen molar-refractivity contribution in [3.63, 3.8) is 0 Å². The lowest BCUT2D eigenvalue weighted by Gasteiger charge is -2.38. The van der Waals surface area contributed by atoms with Crippen LogP contribution in [0.2, 0.25) is 0 Å². The van der Waals surface area contributed by atoms with Crippen molar-refractivity contribution in [2.24, 2.45) is 0 Å². The van der Waals surface area contributed by atoms with Gasteiger partial charge < -0.3 is 14.8 Å². The number of unbranched alkanes of at least 4 members (excludes halogenated alkanes) is 1. The van der Waals surface area contributed by atoms with Crippen LogP contribution in [-0.2, 0) is 4.79 Å². The molecule has 0 unspecified atom stereocenters. The van der Waals surface area contributed by atoms with Crippen LogP contribution in [0.5, 0.6) is 0 Å². The second-order valence-corrected chi connectivity index (χ2v) is 3.92. The molecule has 5 nitrogen and oxygen atoms in total. The van der Waals surface area contributed by atoms with Crippen molar-refractivity contribution < 1.29 is 14.7 Å². The highest BCUT2D eigenvalue weighted by Gasteiger charge is 2.25. The fourth-order valence-corrected chi connectivity index (χ4v) is 1.88. The van der Waals surface area contributed by atoms with E-state index in [1.807, 2.05) is 6.92 Å². The summed E-state index contributed by atoms with van der Waals surface area (Å²) in [7, 11) is 0. The maximum Gasteiger partial charge on any atom is 0.407 e. The van der Waals surface area contributed by atoms with Gasteiger partial charge in [0.05, 0.1) is 0 Å². The molecule has 1 saturated heterocycles. The molecular formula is C10H18N2O3. The van der Waals surface area contributed by atoms with E-state index in [0.29, 0.717) is 19.5 Å². The summed E-state index contributed by atoms with van der Waals surface area (Å²) in [6.45, 7) is 4.81. The van der Waals surface area contributed by atoms with Crippen LogP contribution in [0.1, 0.15) is 19.8 Å². The Labute approximate surface area is 89.7 Å². The Morgan fingerprint density at radius 1 is 1.53 bits per heavy atom. The van der Waals surface area contributed by atoms with Crippen molar-refractivity contribution in [2.75, 3.05) is 26.2 Å². The zero-order valence-corrected chi connectivity index (χ0v) is 9.06. The van der Waals surface area contributed by atoms with E-state index in [1.54, 1.807) is 0 Å². The predicted molar refractivity (Wildman–Crippen MR) is 55.9 cm³/mol. The molecule has 0 radical (unpaired) electrons. The van der Waals surface area contributed by atoms with Crippen molar-refractivity contribution in [3.05, 3.63) is 0 Å². The second kappa shape index (κ2) is 5.70. The Hall–Kier alpha value is -1.10. The summed E-state index contributed by atoms with van der Waals surface area (Å²) in [4.78, 5) is 24.6. The third kappa shape index (κ3) is 3.51. The molecule has 1 N–H and O–H groups in total. The van der Waals surface area contributed by atoms with Crippen molar-refractivity contribution >= 4 is 12.4 Å². The fourth-order valence-electron chi connectivity index (χ4n) is 1.88. The van der Waals surface area contributed by atoms with Crippen molar-refractivity contribution in [3.8, 4) is 0 Å². The van der Waals surface area contributed by atoms with Gasteiger partial charge in [-0.05, 0) is 19.9 Å². The number of hydrogen-bond acceptors (Lipinski definition) is 3. The first-order chi connectivity index (χ1) is 7.15. The number of amides is 1. The van der Waals surface area contributed by atoms with Crippen LogP contribution in [0, 0.1) is 0 Å². The lowest BCUT2D eigenvalue weighted by Crippen LogP contribution is -2.53. The predicted octanol–water partition coefficient (Wildman–Crippen LogP) is 0.650. The van der Waals surface area contributed by atoms with Crippen LogP contribution in [-0.4, -0.2) is 59.5 Å². The molecule has 0 aromatic rings. The lowest BCUT2D eigenvalue weighted by atomic mass is 10.2. The first-order valence-electron chi connectivity index (χ1n) is 5.30. The molecule has 0 saturated carbocycles. The Morgan fingerprint density at radius 2 is 2.27 bits per heavy atom. The Balaban J connectivity index is 2.32. The van der Waals surface area contributed by atoms with E-state index in [-0.39, 0.29) is 6.04 Å². The highest BCUT2D eigenvalue weighted by atomic mass is 16.4. The minimum Gasteiger partial charge on any atom is -0.465 e. The van der Waals surface area contributed by atoms with Crippen molar-refractivity contribution in [2.45, 2.75) is 25.8 Å². The number of nitrogens with zero attached hydrogens (tertiary/aromatic N) is 2. The Morgan fingerprint density at radius 3 is 2.80 bits per heavy atom. The molecule has 1 fully saturated rings. The van der Waals surface area contributed by atoms with Gasteiger partial charge >= 0.3 is 6.09 Å². The molecule has 86 valence electrons. The lowest BCUT2D eigenvalue weighted by molar-refractivity contribution is -0.108. The highest BCUT2D eigenvalue weighted by molar-refractivity contribution is 5.65. The smallest absolute Gasteiger partial charge is 0.407 e. The van der Waals surface area contributed by atoms with E-state index >= 15 is 0 Å². The topological polar surface area (TPSA) is 60.9 Å². The van der Waals surface area contributed by atoms with Gasteiger partial charge in [0.2, 0.25) is 0 Å². The van der Waals surface area contributed by atoms with Gasteiger partial charge in [0, 0.05) is 32.1 Å².